The predicted molar refractivity (Wildman–Crippen MR) is 149 cm³/mol. The summed E-state index contributed by atoms with van der Waals surface area (Å²) in [7, 11) is 0. The topological polar surface area (TPSA) is 159 Å². The van der Waals surface area contributed by atoms with Crippen molar-refractivity contribution < 1.29 is 52.3 Å². The first kappa shape index (κ1) is 35.5. The van der Waals surface area contributed by atoms with Gasteiger partial charge in [0.25, 0.3) is 0 Å². The zero-order valence-corrected chi connectivity index (χ0v) is 25.3. The van der Waals surface area contributed by atoms with Crippen LogP contribution in [0.15, 0.2) is 18.2 Å². The molecule has 1 aromatic rings. The van der Waals surface area contributed by atoms with E-state index in [4.69, 9.17) is 38.9 Å². The van der Waals surface area contributed by atoms with E-state index in [2.05, 4.69) is 0 Å². The molecular weight excluding hydrogens is 538 g/mol. The maximum atomic E-state index is 12.5. The van der Waals surface area contributed by atoms with Crippen LogP contribution in [-0.2, 0) is 34.9 Å². The summed E-state index contributed by atoms with van der Waals surface area (Å²) >= 11 is 0. The minimum absolute atomic E-state index is 0.00557. The van der Waals surface area contributed by atoms with Gasteiger partial charge in [-0.1, -0.05) is 47.1 Å². The van der Waals surface area contributed by atoms with Crippen LogP contribution in [0.3, 0.4) is 0 Å². The maximum absolute atomic E-state index is 12.5. The fourth-order valence-corrected chi connectivity index (χ4v) is 2.83. The van der Waals surface area contributed by atoms with Crippen molar-refractivity contribution in [3.63, 3.8) is 0 Å². The van der Waals surface area contributed by atoms with Gasteiger partial charge in [0.15, 0.2) is 11.5 Å². The monoisotopic (exact) mass is 583 g/mol. The van der Waals surface area contributed by atoms with Crippen molar-refractivity contribution >= 4 is 24.4 Å². The van der Waals surface area contributed by atoms with Gasteiger partial charge in [-0.2, -0.15) is 0 Å². The van der Waals surface area contributed by atoms with Crippen LogP contribution in [0.1, 0.15) is 73.8 Å². The Balaban J connectivity index is 2.90. The van der Waals surface area contributed by atoms with Gasteiger partial charge in [-0.3, -0.25) is 4.79 Å². The van der Waals surface area contributed by atoms with Gasteiger partial charge < -0.3 is 38.9 Å². The third-order valence-electron chi connectivity index (χ3n) is 6.07. The van der Waals surface area contributed by atoms with E-state index < -0.39 is 48.8 Å². The van der Waals surface area contributed by atoms with Gasteiger partial charge in [0.1, 0.15) is 31.0 Å². The lowest BCUT2D eigenvalue weighted by atomic mass is 10.1. The highest BCUT2D eigenvalue weighted by molar-refractivity contribution is 5.76. The molecule has 0 aliphatic heterocycles. The highest BCUT2D eigenvalue weighted by Crippen LogP contribution is 2.30. The lowest BCUT2D eigenvalue weighted by Crippen LogP contribution is -2.37. The molecule has 1 rings (SSSR count). The largest absolute Gasteiger partial charge is 0.514 e. The van der Waals surface area contributed by atoms with Gasteiger partial charge in [-0.15, -0.1) is 0 Å². The maximum Gasteiger partial charge on any atom is 0.514 e. The standard InChI is InChI=1S/C29H45NO11/c1-9-10-13-35-27(32)36-16-19(6)37-26(31)23(30)14-22-11-12-24(40-28(33)38-20(7)17(2)3)25(15-22)41-29(34)39-21(8)18(4)5/h11-12,15,17-21,23H,9-10,13-14,16,30H2,1-8H3/t19?,20-,21?,23-/m0/s1. The summed E-state index contributed by atoms with van der Waals surface area (Å²) in [5, 5.41) is 0. The second-order valence-corrected chi connectivity index (χ2v) is 10.4. The summed E-state index contributed by atoms with van der Waals surface area (Å²) in [6, 6.07) is 3.25. The molecule has 2 unspecified atom stereocenters. The van der Waals surface area contributed by atoms with E-state index in [1.807, 2.05) is 34.6 Å². The van der Waals surface area contributed by atoms with Gasteiger partial charge in [0.05, 0.1) is 6.61 Å². The van der Waals surface area contributed by atoms with Crippen molar-refractivity contribution in [2.75, 3.05) is 13.2 Å². The van der Waals surface area contributed by atoms with E-state index in [-0.39, 0.29) is 43.0 Å². The number of nitrogens with two attached hydrogens (primary N) is 1. The van der Waals surface area contributed by atoms with Crippen molar-refractivity contribution in [2.45, 2.75) is 99.0 Å². The number of hydrogen-bond donors (Lipinski definition) is 1. The molecule has 0 radical (unpaired) electrons. The Labute approximate surface area is 242 Å². The van der Waals surface area contributed by atoms with Crippen molar-refractivity contribution in [1.29, 1.82) is 0 Å². The third kappa shape index (κ3) is 14.1. The first-order valence-corrected chi connectivity index (χ1v) is 13.9. The zero-order valence-electron chi connectivity index (χ0n) is 25.3. The number of ether oxygens (including phenoxy) is 7. The Morgan fingerprint density at radius 2 is 1.32 bits per heavy atom. The smallest absolute Gasteiger partial charge is 0.458 e. The van der Waals surface area contributed by atoms with Gasteiger partial charge in [-0.25, -0.2) is 14.4 Å². The average molecular weight is 584 g/mol. The van der Waals surface area contributed by atoms with Gasteiger partial charge in [0.2, 0.25) is 0 Å². The molecule has 0 aromatic heterocycles. The first-order chi connectivity index (χ1) is 19.2. The predicted octanol–water partition coefficient (Wildman–Crippen LogP) is 5.56. The van der Waals surface area contributed by atoms with Crippen molar-refractivity contribution in [2.24, 2.45) is 17.6 Å². The summed E-state index contributed by atoms with van der Waals surface area (Å²) in [6.07, 6.45) is -2.84. The normalized spacial score (nSPS) is 13.9. The number of rotatable bonds is 15. The Bertz CT molecular complexity index is 995. The number of carbonyl (C=O) groups is 4. The Kier molecular flexibility index (Phi) is 15.6. The molecule has 0 spiro atoms. The molecule has 12 heteroatoms. The van der Waals surface area contributed by atoms with Gasteiger partial charge in [0, 0.05) is 0 Å². The van der Waals surface area contributed by atoms with Crippen LogP contribution in [-0.4, -0.2) is 62.0 Å². The number of benzene rings is 1. The summed E-state index contributed by atoms with van der Waals surface area (Å²) in [5.41, 5.74) is 6.52. The summed E-state index contributed by atoms with van der Waals surface area (Å²) in [4.78, 5) is 48.8. The minimum Gasteiger partial charge on any atom is -0.458 e. The van der Waals surface area contributed by atoms with E-state index >= 15 is 0 Å². The van der Waals surface area contributed by atoms with Gasteiger partial charge >= 0.3 is 24.4 Å². The molecule has 2 N–H and O–H groups in total. The van der Waals surface area contributed by atoms with Crippen molar-refractivity contribution in [1.82, 2.24) is 0 Å². The third-order valence-corrected chi connectivity index (χ3v) is 6.07. The molecule has 0 saturated heterocycles. The molecule has 12 nitrogen and oxygen atoms in total. The SMILES string of the molecule is CCCCOC(=O)OCC(C)OC(=O)[C@@H](N)Cc1ccc(OC(=O)O[C@@H](C)C(C)C)c(OC(=O)OC(C)C(C)C)c1. The number of esters is 1. The van der Waals surface area contributed by atoms with E-state index in [1.54, 1.807) is 26.8 Å². The molecule has 0 saturated carbocycles. The molecule has 0 aliphatic carbocycles. The second kappa shape index (κ2) is 18.0. The zero-order chi connectivity index (χ0) is 31.1. The highest BCUT2D eigenvalue weighted by atomic mass is 16.8. The molecule has 0 bridgehead atoms. The molecule has 0 amide bonds. The average Bonchev–Trinajstić information content (AvgIpc) is 2.88. The molecule has 41 heavy (non-hydrogen) atoms. The molecular formula is C29H45NO11. The molecule has 1 aromatic carbocycles. The molecule has 232 valence electrons. The molecule has 0 fully saturated rings. The second-order valence-electron chi connectivity index (χ2n) is 10.4. The molecule has 0 aliphatic rings. The molecule has 0 heterocycles. The summed E-state index contributed by atoms with van der Waals surface area (Å²) in [5.74, 6) is -0.846. The van der Waals surface area contributed by atoms with Crippen molar-refractivity contribution in [3.8, 4) is 11.5 Å². The minimum atomic E-state index is -1.10. The van der Waals surface area contributed by atoms with Crippen LogP contribution in [0, 0.1) is 11.8 Å². The molecule has 4 atom stereocenters. The van der Waals surface area contributed by atoms with E-state index in [0.717, 1.165) is 6.42 Å². The highest BCUT2D eigenvalue weighted by Gasteiger charge is 2.24. The fraction of sp³-hybridized carbons (Fsp3) is 0.655. The Morgan fingerprint density at radius 3 is 1.85 bits per heavy atom. The fourth-order valence-electron chi connectivity index (χ4n) is 2.83. The van der Waals surface area contributed by atoms with Crippen molar-refractivity contribution in [3.05, 3.63) is 23.8 Å². The van der Waals surface area contributed by atoms with Crippen LogP contribution in [0.4, 0.5) is 14.4 Å². The van der Waals surface area contributed by atoms with E-state index in [9.17, 15) is 19.2 Å². The Hall–Kier alpha value is -3.54. The quantitative estimate of drug-likeness (QED) is 0.119. The van der Waals surface area contributed by atoms with E-state index in [1.165, 1.54) is 12.1 Å². The summed E-state index contributed by atoms with van der Waals surface area (Å²) in [6.45, 7) is 14.5. The van der Waals surface area contributed by atoms with E-state index in [0.29, 0.717) is 12.0 Å². The van der Waals surface area contributed by atoms with Crippen LogP contribution < -0.4 is 15.2 Å². The Morgan fingerprint density at radius 1 is 0.756 bits per heavy atom. The number of carbonyl (C=O) groups excluding carboxylic acids is 4. The van der Waals surface area contributed by atoms with Crippen LogP contribution in [0.5, 0.6) is 11.5 Å². The summed E-state index contributed by atoms with van der Waals surface area (Å²) < 4.78 is 36.2. The van der Waals surface area contributed by atoms with Crippen LogP contribution in [0.2, 0.25) is 0 Å². The first-order valence-electron chi connectivity index (χ1n) is 13.9. The van der Waals surface area contributed by atoms with Gasteiger partial charge in [-0.05, 0) is 63.1 Å². The van der Waals surface area contributed by atoms with Crippen LogP contribution >= 0.6 is 0 Å². The van der Waals surface area contributed by atoms with Crippen LogP contribution in [0.25, 0.3) is 0 Å². The lowest BCUT2D eigenvalue weighted by Gasteiger charge is -2.19. The number of unbranched alkanes of at least 4 members (excludes halogenated alkanes) is 1. The lowest BCUT2D eigenvalue weighted by molar-refractivity contribution is -0.152. The number of hydrogen-bond acceptors (Lipinski definition) is 12.